The molecule has 0 aliphatic heterocycles. The summed E-state index contributed by atoms with van der Waals surface area (Å²) in [5, 5.41) is 10.8. The third kappa shape index (κ3) is 1.95. The molecule has 4 atom stereocenters. The molecule has 0 unspecified atom stereocenters. The maximum Gasteiger partial charge on any atom is 0.0947 e. The minimum absolute atomic E-state index is 0.0296. The smallest absolute Gasteiger partial charge is 0.0947 e. The van der Waals surface area contributed by atoms with Gasteiger partial charge >= 0.3 is 0 Å². The van der Waals surface area contributed by atoms with Crippen LogP contribution in [0.3, 0.4) is 0 Å². The number of benzene rings is 1. The fraction of sp³-hybridized carbons (Fsp3) is 0.444. The van der Waals surface area contributed by atoms with Gasteiger partial charge in [-0.05, 0) is 30.9 Å². The summed E-state index contributed by atoms with van der Waals surface area (Å²) in [5.74, 6) is 0.343. The second kappa shape index (κ2) is 5.19. The quantitative estimate of drug-likeness (QED) is 0.849. The lowest BCUT2D eigenvalue weighted by Crippen LogP contribution is -2.34. The summed E-state index contributed by atoms with van der Waals surface area (Å²) in [6.07, 6.45) is 5.93. The van der Waals surface area contributed by atoms with Crippen molar-refractivity contribution in [2.75, 3.05) is 0 Å². The molecule has 0 heterocycles. The molecular formula is C18H22O2. The summed E-state index contributed by atoms with van der Waals surface area (Å²) >= 11 is 0. The van der Waals surface area contributed by atoms with Crippen molar-refractivity contribution in [3.05, 3.63) is 60.2 Å². The van der Waals surface area contributed by atoms with E-state index in [0.717, 1.165) is 12.8 Å². The molecular weight excluding hydrogens is 248 g/mol. The Morgan fingerprint density at radius 3 is 2.75 bits per heavy atom. The van der Waals surface area contributed by atoms with E-state index >= 15 is 0 Å². The molecule has 2 aliphatic carbocycles. The lowest BCUT2D eigenvalue weighted by molar-refractivity contribution is -0.0184. The normalized spacial score (nSPS) is 37.5. The monoisotopic (exact) mass is 270 g/mol. The molecule has 106 valence electrons. The topological polar surface area (TPSA) is 29.5 Å². The summed E-state index contributed by atoms with van der Waals surface area (Å²) < 4.78 is 6.15. The molecule has 2 saturated carbocycles. The van der Waals surface area contributed by atoms with Crippen molar-refractivity contribution in [1.29, 1.82) is 0 Å². The van der Waals surface area contributed by atoms with Crippen LogP contribution in [0.2, 0.25) is 0 Å². The summed E-state index contributed by atoms with van der Waals surface area (Å²) in [6.45, 7) is 6.48. The van der Waals surface area contributed by atoms with Crippen LogP contribution in [0.25, 0.3) is 0 Å². The maximum atomic E-state index is 10.8. The van der Waals surface area contributed by atoms with E-state index in [1.165, 1.54) is 11.1 Å². The van der Waals surface area contributed by atoms with E-state index < -0.39 is 5.60 Å². The standard InChI is InChI=1S/C18H22O2/c1-3-14-15-10-11-16(18(15,19)4-2)17(14)20-12-13-8-6-5-7-9-13/h3-9,15-17,19H,2,10-12H2,1H3/b14-3+/t15-,16+,17-,18-/m0/s1. The van der Waals surface area contributed by atoms with Crippen LogP contribution >= 0.6 is 0 Å². The van der Waals surface area contributed by atoms with E-state index in [1.54, 1.807) is 6.08 Å². The van der Waals surface area contributed by atoms with Gasteiger partial charge in [-0.25, -0.2) is 0 Å². The SMILES string of the molecule is C=C[C@@]1(O)[C@@H]2CC[C@H]1/C(=C\C)[C@@H]2OCc1ccccc1. The Labute approximate surface area is 120 Å². The Kier molecular flexibility index (Phi) is 3.53. The highest BCUT2D eigenvalue weighted by atomic mass is 16.5. The number of aliphatic hydroxyl groups is 1. The van der Waals surface area contributed by atoms with Crippen LogP contribution in [-0.2, 0) is 11.3 Å². The minimum atomic E-state index is -0.775. The van der Waals surface area contributed by atoms with Crippen molar-refractivity contribution in [2.45, 2.75) is 38.1 Å². The zero-order chi connectivity index (χ0) is 14.2. The largest absolute Gasteiger partial charge is 0.385 e. The van der Waals surface area contributed by atoms with Gasteiger partial charge in [0, 0.05) is 11.8 Å². The van der Waals surface area contributed by atoms with E-state index in [9.17, 15) is 5.11 Å². The fourth-order valence-corrected chi connectivity index (χ4v) is 3.96. The van der Waals surface area contributed by atoms with Gasteiger partial charge in [-0.1, -0.05) is 42.5 Å². The van der Waals surface area contributed by atoms with Crippen molar-refractivity contribution in [1.82, 2.24) is 0 Å². The first-order valence-electron chi connectivity index (χ1n) is 7.38. The Morgan fingerprint density at radius 1 is 1.35 bits per heavy atom. The summed E-state index contributed by atoms with van der Waals surface area (Å²) in [5.41, 5.74) is 1.65. The van der Waals surface area contributed by atoms with Gasteiger partial charge in [0.15, 0.2) is 0 Å². The summed E-state index contributed by atoms with van der Waals surface area (Å²) in [4.78, 5) is 0. The van der Waals surface area contributed by atoms with Crippen molar-refractivity contribution in [3.63, 3.8) is 0 Å². The van der Waals surface area contributed by atoms with Gasteiger partial charge in [0.25, 0.3) is 0 Å². The number of hydrogen-bond donors (Lipinski definition) is 1. The zero-order valence-corrected chi connectivity index (χ0v) is 12.0. The first-order chi connectivity index (χ1) is 9.70. The molecule has 2 bridgehead atoms. The van der Waals surface area contributed by atoms with Gasteiger partial charge in [-0.15, -0.1) is 6.58 Å². The molecule has 2 aliphatic rings. The van der Waals surface area contributed by atoms with Gasteiger partial charge in [-0.2, -0.15) is 0 Å². The van der Waals surface area contributed by atoms with Crippen LogP contribution in [0.15, 0.2) is 54.6 Å². The molecule has 0 amide bonds. The predicted molar refractivity (Wildman–Crippen MR) is 80.1 cm³/mol. The first-order valence-corrected chi connectivity index (χ1v) is 7.38. The highest BCUT2D eigenvalue weighted by molar-refractivity contribution is 5.34. The van der Waals surface area contributed by atoms with E-state index in [1.807, 2.05) is 25.1 Å². The molecule has 1 aromatic carbocycles. The lowest BCUT2D eigenvalue weighted by atomic mass is 9.91. The molecule has 1 N–H and O–H groups in total. The van der Waals surface area contributed by atoms with Crippen LogP contribution in [0.1, 0.15) is 25.3 Å². The van der Waals surface area contributed by atoms with E-state index in [-0.39, 0.29) is 17.9 Å². The molecule has 2 heteroatoms. The average molecular weight is 270 g/mol. The van der Waals surface area contributed by atoms with Gasteiger partial charge in [0.1, 0.15) is 0 Å². The number of rotatable bonds is 4. The van der Waals surface area contributed by atoms with Crippen molar-refractivity contribution < 1.29 is 9.84 Å². The Morgan fingerprint density at radius 2 is 2.10 bits per heavy atom. The molecule has 0 spiro atoms. The van der Waals surface area contributed by atoms with E-state index in [2.05, 4.69) is 24.8 Å². The molecule has 0 aromatic heterocycles. The van der Waals surface area contributed by atoms with Crippen LogP contribution in [-0.4, -0.2) is 16.8 Å². The van der Waals surface area contributed by atoms with Crippen molar-refractivity contribution in [3.8, 4) is 0 Å². The van der Waals surface area contributed by atoms with Gasteiger partial charge in [0.2, 0.25) is 0 Å². The van der Waals surface area contributed by atoms with Gasteiger partial charge in [0.05, 0.1) is 18.3 Å². The van der Waals surface area contributed by atoms with Crippen LogP contribution in [0, 0.1) is 11.8 Å². The minimum Gasteiger partial charge on any atom is -0.385 e. The van der Waals surface area contributed by atoms with Crippen LogP contribution < -0.4 is 0 Å². The Hall–Kier alpha value is -1.38. The van der Waals surface area contributed by atoms with Gasteiger partial charge < -0.3 is 9.84 Å². The number of fused-ring (bicyclic) bond motifs is 2. The van der Waals surface area contributed by atoms with E-state index in [4.69, 9.17) is 4.74 Å². The summed E-state index contributed by atoms with van der Waals surface area (Å²) in [7, 11) is 0. The molecule has 3 rings (SSSR count). The van der Waals surface area contributed by atoms with Crippen LogP contribution in [0.4, 0.5) is 0 Å². The van der Waals surface area contributed by atoms with Crippen LogP contribution in [0.5, 0.6) is 0 Å². The third-order valence-corrected chi connectivity index (χ3v) is 4.95. The molecule has 2 fully saturated rings. The second-order valence-corrected chi connectivity index (χ2v) is 5.83. The molecule has 0 saturated heterocycles. The summed E-state index contributed by atoms with van der Waals surface area (Å²) in [6, 6.07) is 10.2. The fourth-order valence-electron chi connectivity index (χ4n) is 3.96. The third-order valence-electron chi connectivity index (χ3n) is 4.95. The first kappa shape index (κ1) is 13.6. The highest BCUT2D eigenvalue weighted by Crippen LogP contribution is 2.56. The lowest BCUT2D eigenvalue weighted by Gasteiger charge is -2.26. The highest BCUT2D eigenvalue weighted by Gasteiger charge is 2.59. The van der Waals surface area contributed by atoms with E-state index in [0.29, 0.717) is 6.61 Å². The second-order valence-electron chi connectivity index (χ2n) is 5.83. The molecule has 1 aromatic rings. The number of hydrogen-bond acceptors (Lipinski definition) is 2. The Bertz CT molecular complexity index is 519. The number of allylic oxidation sites excluding steroid dienone is 1. The number of ether oxygens (including phenoxy) is 1. The predicted octanol–water partition coefficient (Wildman–Crippen LogP) is 3.48. The zero-order valence-electron chi connectivity index (χ0n) is 12.0. The molecule has 2 nitrogen and oxygen atoms in total. The van der Waals surface area contributed by atoms with Crippen molar-refractivity contribution in [2.24, 2.45) is 11.8 Å². The maximum absolute atomic E-state index is 10.8. The average Bonchev–Trinajstić information content (AvgIpc) is 2.95. The molecule has 20 heavy (non-hydrogen) atoms. The van der Waals surface area contributed by atoms with Gasteiger partial charge in [-0.3, -0.25) is 0 Å². The molecule has 0 radical (unpaired) electrons. The van der Waals surface area contributed by atoms with Crippen molar-refractivity contribution >= 4 is 0 Å². The Balaban J connectivity index is 1.78.